The van der Waals surface area contributed by atoms with Gasteiger partial charge in [0.2, 0.25) is 6.41 Å². The first-order chi connectivity index (χ1) is 15.6. The molecule has 0 saturated carbocycles. The quantitative estimate of drug-likeness (QED) is 0.352. The standard InChI is InChI=1S/C27H25NO4/c1-18-5-4-6-26(28-17-29)25(18)16-32-23-10-9-19-7-8-20(13-21(19)14-23)24-12-11-22(30-2)15-27(24)31-3/h4-15,17H,16H2,1-3H3,(H,28,29). The van der Waals surface area contributed by atoms with Gasteiger partial charge in [0.1, 0.15) is 23.9 Å². The van der Waals surface area contributed by atoms with Gasteiger partial charge in [-0.25, -0.2) is 0 Å². The van der Waals surface area contributed by atoms with Crippen LogP contribution in [-0.4, -0.2) is 20.6 Å². The van der Waals surface area contributed by atoms with Crippen LogP contribution in [0.15, 0.2) is 72.8 Å². The third-order valence-electron chi connectivity index (χ3n) is 5.54. The molecule has 162 valence electrons. The molecule has 5 heteroatoms. The van der Waals surface area contributed by atoms with E-state index >= 15 is 0 Å². The zero-order chi connectivity index (χ0) is 22.5. The lowest BCUT2D eigenvalue weighted by atomic mass is 10.00. The number of aryl methyl sites for hydroxylation is 1. The van der Waals surface area contributed by atoms with Crippen LogP contribution in [0.4, 0.5) is 5.69 Å². The first-order valence-corrected chi connectivity index (χ1v) is 10.3. The second-order valence-corrected chi connectivity index (χ2v) is 7.44. The van der Waals surface area contributed by atoms with Gasteiger partial charge in [0, 0.05) is 22.9 Å². The Kier molecular flexibility index (Phi) is 6.26. The Morgan fingerprint density at radius 2 is 1.66 bits per heavy atom. The maximum Gasteiger partial charge on any atom is 0.211 e. The molecule has 4 rings (SSSR count). The Labute approximate surface area is 187 Å². The third-order valence-corrected chi connectivity index (χ3v) is 5.54. The van der Waals surface area contributed by atoms with E-state index in [4.69, 9.17) is 14.2 Å². The van der Waals surface area contributed by atoms with Gasteiger partial charge < -0.3 is 19.5 Å². The molecule has 0 spiro atoms. The predicted molar refractivity (Wildman–Crippen MR) is 128 cm³/mol. The maximum atomic E-state index is 10.9. The van der Waals surface area contributed by atoms with Crippen LogP contribution >= 0.6 is 0 Å². The molecule has 4 aromatic rings. The first-order valence-electron chi connectivity index (χ1n) is 10.3. The number of amides is 1. The van der Waals surface area contributed by atoms with Gasteiger partial charge in [0.25, 0.3) is 0 Å². The van der Waals surface area contributed by atoms with Crippen LogP contribution in [0.5, 0.6) is 17.2 Å². The molecule has 0 unspecified atom stereocenters. The van der Waals surface area contributed by atoms with Crippen LogP contribution in [0.3, 0.4) is 0 Å². The zero-order valence-corrected chi connectivity index (χ0v) is 18.3. The predicted octanol–water partition coefficient (Wildman–Crippen LogP) is 5.98. The normalized spacial score (nSPS) is 10.6. The molecule has 0 saturated heterocycles. The van der Waals surface area contributed by atoms with Crippen molar-refractivity contribution in [1.82, 2.24) is 0 Å². The van der Waals surface area contributed by atoms with E-state index in [2.05, 4.69) is 23.5 Å². The number of hydrogen-bond donors (Lipinski definition) is 1. The Hall–Kier alpha value is -3.99. The molecular formula is C27H25NO4. The summed E-state index contributed by atoms with van der Waals surface area (Å²) in [5.41, 5.74) is 4.81. The van der Waals surface area contributed by atoms with Crippen LogP contribution in [0.1, 0.15) is 11.1 Å². The van der Waals surface area contributed by atoms with Crippen molar-refractivity contribution in [2.24, 2.45) is 0 Å². The summed E-state index contributed by atoms with van der Waals surface area (Å²) in [7, 11) is 3.30. The van der Waals surface area contributed by atoms with Crippen LogP contribution < -0.4 is 19.5 Å². The first kappa shape index (κ1) is 21.2. The average Bonchev–Trinajstić information content (AvgIpc) is 2.83. The van der Waals surface area contributed by atoms with Gasteiger partial charge in [-0.2, -0.15) is 0 Å². The second kappa shape index (κ2) is 9.43. The summed E-state index contributed by atoms with van der Waals surface area (Å²) < 4.78 is 17.0. The highest BCUT2D eigenvalue weighted by atomic mass is 16.5. The van der Waals surface area contributed by atoms with E-state index < -0.39 is 0 Å². The maximum absolute atomic E-state index is 10.9. The lowest BCUT2D eigenvalue weighted by Crippen LogP contribution is -2.04. The minimum atomic E-state index is 0.361. The van der Waals surface area contributed by atoms with Gasteiger partial charge in [0.15, 0.2) is 0 Å². The third kappa shape index (κ3) is 4.37. The van der Waals surface area contributed by atoms with Crippen molar-refractivity contribution < 1.29 is 19.0 Å². The monoisotopic (exact) mass is 427 g/mol. The number of ether oxygens (including phenoxy) is 3. The number of rotatable bonds is 8. The van der Waals surface area contributed by atoms with E-state index in [1.54, 1.807) is 14.2 Å². The lowest BCUT2D eigenvalue weighted by molar-refractivity contribution is -0.105. The Morgan fingerprint density at radius 1 is 0.844 bits per heavy atom. The summed E-state index contributed by atoms with van der Waals surface area (Å²) in [6, 6.07) is 23.9. The molecule has 1 amide bonds. The smallest absolute Gasteiger partial charge is 0.211 e. The largest absolute Gasteiger partial charge is 0.497 e. The molecule has 0 atom stereocenters. The van der Waals surface area contributed by atoms with Crippen LogP contribution in [0, 0.1) is 6.92 Å². The number of methoxy groups -OCH3 is 2. The van der Waals surface area contributed by atoms with Crippen LogP contribution in [-0.2, 0) is 11.4 Å². The number of nitrogens with one attached hydrogen (secondary N) is 1. The van der Waals surface area contributed by atoms with Crippen LogP contribution in [0.25, 0.3) is 21.9 Å². The van der Waals surface area contributed by atoms with Gasteiger partial charge in [-0.05, 0) is 65.2 Å². The number of anilines is 1. The summed E-state index contributed by atoms with van der Waals surface area (Å²) in [6.07, 6.45) is 0.684. The van der Waals surface area contributed by atoms with Crippen molar-refractivity contribution in [1.29, 1.82) is 0 Å². The topological polar surface area (TPSA) is 56.8 Å². The number of carbonyl (C=O) groups excluding carboxylic acids is 1. The second-order valence-electron chi connectivity index (χ2n) is 7.44. The minimum absolute atomic E-state index is 0.361. The molecule has 0 aliphatic rings. The fraction of sp³-hybridized carbons (Fsp3) is 0.148. The molecular weight excluding hydrogens is 402 g/mol. The molecule has 0 aliphatic heterocycles. The number of fused-ring (bicyclic) bond motifs is 1. The summed E-state index contributed by atoms with van der Waals surface area (Å²) in [6.45, 7) is 2.37. The highest BCUT2D eigenvalue weighted by Gasteiger charge is 2.10. The molecule has 0 aromatic heterocycles. The van der Waals surface area contributed by atoms with Crippen molar-refractivity contribution in [2.45, 2.75) is 13.5 Å². The Morgan fingerprint density at radius 3 is 2.44 bits per heavy atom. The van der Waals surface area contributed by atoms with Crippen molar-refractivity contribution in [3.63, 3.8) is 0 Å². The molecule has 1 N–H and O–H groups in total. The summed E-state index contributed by atoms with van der Waals surface area (Å²) in [5, 5.41) is 4.93. The molecule has 0 bridgehead atoms. The van der Waals surface area contributed by atoms with Crippen molar-refractivity contribution in [2.75, 3.05) is 19.5 Å². The van der Waals surface area contributed by atoms with Crippen molar-refractivity contribution in [3.05, 3.63) is 83.9 Å². The molecule has 0 fully saturated rings. The van der Waals surface area contributed by atoms with E-state index in [0.29, 0.717) is 13.0 Å². The van der Waals surface area contributed by atoms with E-state index in [1.807, 2.05) is 61.5 Å². The summed E-state index contributed by atoms with van der Waals surface area (Å²) >= 11 is 0. The molecule has 0 heterocycles. The number of carbonyl (C=O) groups is 1. The Balaban J connectivity index is 1.63. The summed E-state index contributed by atoms with van der Waals surface area (Å²) in [4.78, 5) is 10.9. The van der Waals surface area contributed by atoms with Crippen LogP contribution in [0.2, 0.25) is 0 Å². The van der Waals surface area contributed by atoms with E-state index in [9.17, 15) is 4.79 Å². The van der Waals surface area contributed by atoms with Gasteiger partial charge in [0.05, 0.1) is 14.2 Å². The van der Waals surface area contributed by atoms with Crippen molar-refractivity contribution in [3.8, 4) is 28.4 Å². The summed E-state index contributed by atoms with van der Waals surface area (Å²) in [5.74, 6) is 2.27. The van der Waals surface area contributed by atoms with Gasteiger partial charge >= 0.3 is 0 Å². The number of hydrogen-bond acceptors (Lipinski definition) is 4. The highest BCUT2D eigenvalue weighted by molar-refractivity contribution is 5.89. The van der Waals surface area contributed by atoms with Gasteiger partial charge in [-0.15, -0.1) is 0 Å². The molecule has 4 aromatic carbocycles. The average molecular weight is 428 g/mol. The SMILES string of the molecule is COc1ccc(-c2ccc3ccc(OCc4c(C)cccc4NC=O)cc3c2)c(OC)c1. The Bertz CT molecular complexity index is 1270. The van der Waals surface area contributed by atoms with Gasteiger partial charge in [-0.3, -0.25) is 4.79 Å². The van der Waals surface area contributed by atoms with E-state index in [1.165, 1.54) is 0 Å². The zero-order valence-electron chi connectivity index (χ0n) is 18.3. The molecule has 0 radical (unpaired) electrons. The number of benzene rings is 4. The highest BCUT2D eigenvalue weighted by Crippen LogP contribution is 2.35. The van der Waals surface area contributed by atoms with E-state index in [-0.39, 0.29) is 0 Å². The fourth-order valence-electron chi connectivity index (χ4n) is 3.77. The molecule has 32 heavy (non-hydrogen) atoms. The molecule has 5 nitrogen and oxygen atoms in total. The van der Waals surface area contributed by atoms with Crippen molar-refractivity contribution >= 4 is 22.9 Å². The molecule has 0 aliphatic carbocycles. The lowest BCUT2D eigenvalue weighted by Gasteiger charge is -2.14. The van der Waals surface area contributed by atoms with E-state index in [0.717, 1.165) is 56.0 Å². The minimum Gasteiger partial charge on any atom is -0.497 e. The fourth-order valence-corrected chi connectivity index (χ4v) is 3.77. The van der Waals surface area contributed by atoms with Gasteiger partial charge in [-0.1, -0.05) is 30.3 Å².